The number of rotatable bonds is 5. The van der Waals surface area contributed by atoms with Gasteiger partial charge in [-0.05, 0) is 43.3 Å². The molecule has 0 aliphatic heterocycles. The van der Waals surface area contributed by atoms with Crippen LogP contribution in [0.1, 0.15) is 16.1 Å². The van der Waals surface area contributed by atoms with Gasteiger partial charge in [-0.2, -0.15) is 0 Å². The van der Waals surface area contributed by atoms with Crippen molar-refractivity contribution in [2.75, 3.05) is 11.1 Å². The van der Waals surface area contributed by atoms with Gasteiger partial charge >= 0.3 is 0 Å². The van der Waals surface area contributed by atoms with Crippen LogP contribution in [0.3, 0.4) is 0 Å². The van der Waals surface area contributed by atoms with Crippen LogP contribution >= 0.6 is 0 Å². The number of imidazole rings is 1. The molecule has 6 aromatic rings. The van der Waals surface area contributed by atoms with Gasteiger partial charge in [-0.25, -0.2) is 19.6 Å². The van der Waals surface area contributed by atoms with Crippen LogP contribution < -0.4 is 16.6 Å². The van der Waals surface area contributed by atoms with Crippen molar-refractivity contribution in [3.05, 3.63) is 113 Å². The van der Waals surface area contributed by atoms with E-state index in [1.54, 1.807) is 55.4 Å². The molecule has 4 aromatic heterocycles. The second-order valence-electron chi connectivity index (χ2n) is 9.04. The number of nitrogens with zero attached hydrogens (tertiary/aromatic N) is 6. The molecular weight excluding hydrogens is 492 g/mol. The number of carbonyl (C=O) groups is 1. The molecule has 0 unspecified atom stereocenters. The van der Waals surface area contributed by atoms with Gasteiger partial charge < -0.3 is 15.5 Å². The molecule has 0 saturated carbocycles. The monoisotopic (exact) mass is 516 g/mol. The van der Waals surface area contributed by atoms with Gasteiger partial charge in [0.2, 0.25) is 0 Å². The lowest BCUT2D eigenvalue weighted by molar-refractivity contribution is 0.102. The molecule has 3 N–H and O–H groups in total. The first-order valence-corrected chi connectivity index (χ1v) is 12.2. The predicted octanol–water partition coefficient (Wildman–Crippen LogP) is 4.09. The Morgan fingerprint density at radius 3 is 2.44 bits per heavy atom. The van der Waals surface area contributed by atoms with E-state index in [1.165, 1.54) is 4.68 Å². The number of hydrogen-bond acceptors (Lipinski definition) is 6. The maximum atomic E-state index is 13.2. The summed E-state index contributed by atoms with van der Waals surface area (Å²) in [6.07, 6.45) is 5.24. The summed E-state index contributed by atoms with van der Waals surface area (Å²) in [5.74, 6) is -0.205. The summed E-state index contributed by atoms with van der Waals surface area (Å²) in [7, 11) is 1.75. The summed E-state index contributed by atoms with van der Waals surface area (Å²) >= 11 is 0. The molecule has 4 heterocycles. The summed E-state index contributed by atoms with van der Waals surface area (Å²) in [6.45, 7) is 1.75. The molecule has 2 aromatic carbocycles. The van der Waals surface area contributed by atoms with Crippen molar-refractivity contribution in [1.82, 2.24) is 28.7 Å². The van der Waals surface area contributed by atoms with Crippen LogP contribution in [0.4, 0.5) is 11.5 Å². The third-order valence-corrected chi connectivity index (χ3v) is 6.68. The molecular formula is C29H24N8O2. The van der Waals surface area contributed by atoms with Gasteiger partial charge in [0.25, 0.3) is 11.5 Å². The van der Waals surface area contributed by atoms with E-state index in [4.69, 9.17) is 10.7 Å². The van der Waals surface area contributed by atoms with Crippen LogP contribution in [-0.4, -0.2) is 34.6 Å². The Balaban J connectivity index is 1.28. The number of nitrogens with one attached hydrogen (secondary N) is 1. The van der Waals surface area contributed by atoms with Gasteiger partial charge in [-0.3, -0.25) is 14.3 Å². The molecule has 10 nitrogen and oxygen atoms in total. The normalized spacial score (nSPS) is 11.1. The predicted molar refractivity (Wildman–Crippen MR) is 150 cm³/mol. The minimum atomic E-state index is -0.483. The number of fused-ring (bicyclic) bond motifs is 1. The van der Waals surface area contributed by atoms with Gasteiger partial charge in [0.15, 0.2) is 0 Å². The molecule has 0 aliphatic rings. The fraction of sp³-hybridized carbons (Fsp3) is 0.0690. The first-order chi connectivity index (χ1) is 18.9. The Kier molecular flexibility index (Phi) is 5.76. The fourth-order valence-corrected chi connectivity index (χ4v) is 4.60. The molecule has 39 heavy (non-hydrogen) atoms. The standard InChI is InChI=1S/C29H24N8O2/c1-18-24(29(39)37(35(18)2)21-8-4-3-5-9-21)28(38)33-20-13-11-19(12-14-20)25-27(30)31-16-22(34-25)26-23-10-6-7-15-36(23)17-32-26/h3-17H,1-2H3,(H2,30,31)(H,33,38). The van der Waals surface area contributed by atoms with Crippen LogP contribution in [0.15, 0.2) is 96.3 Å². The van der Waals surface area contributed by atoms with Crippen molar-refractivity contribution in [3.63, 3.8) is 0 Å². The number of pyridine rings is 1. The van der Waals surface area contributed by atoms with Gasteiger partial charge in [0, 0.05) is 24.5 Å². The minimum absolute atomic E-state index is 0.0838. The van der Waals surface area contributed by atoms with E-state index in [2.05, 4.69) is 15.3 Å². The van der Waals surface area contributed by atoms with Crippen LogP contribution in [0, 0.1) is 6.92 Å². The fourth-order valence-electron chi connectivity index (χ4n) is 4.60. The smallest absolute Gasteiger partial charge is 0.284 e. The Labute approximate surface area is 223 Å². The number of nitrogens with two attached hydrogens (primary N) is 1. The Morgan fingerprint density at radius 1 is 0.923 bits per heavy atom. The van der Waals surface area contributed by atoms with Crippen LogP contribution in [0.5, 0.6) is 0 Å². The van der Waals surface area contributed by atoms with Crippen LogP contribution in [-0.2, 0) is 7.05 Å². The molecule has 0 fully saturated rings. The highest BCUT2D eigenvalue weighted by molar-refractivity contribution is 6.05. The summed E-state index contributed by atoms with van der Waals surface area (Å²) in [6, 6.07) is 22.1. The molecule has 0 atom stereocenters. The molecule has 0 radical (unpaired) electrons. The zero-order chi connectivity index (χ0) is 27.1. The third-order valence-electron chi connectivity index (χ3n) is 6.68. The van der Waals surface area contributed by atoms with Crippen molar-refractivity contribution < 1.29 is 4.79 Å². The molecule has 6 rings (SSSR count). The number of amides is 1. The Hall–Kier alpha value is -5.51. The molecule has 0 saturated heterocycles. The summed E-state index contributed by atoms with van der Waals surface area (Å²) in [4.78, 5) is 39.9. The van der Waals surface area contributed by atoms with Gasteiger partial charge in [0.05, 0.1) is 23.1 Å². The van der Waals surface area contributed by atoms with Crippen molar-refractivity contribution in [2.45, 2.75) is 6.92 Å². The van der Waals surface area contributed by atoms with Crippen molar-refractivity contribution in [3.8, 4) is 28.3 Å². The summed E-state index contributed by atoms with van der Waals surface area (Å²) in [5, 5.41) is 2.83. The maximum Gasteiger partial charge on any atom is 0.284 e. The maximum absolute atomic E-state index is 13.2. The number of benzene rings is 2. The SMILES string of the molecule is Cc1c(C(=O)Nc2ccc(-c3nc(-c4ncn5ccccc45)cnc3N)cc2)c(=O)n(-c2ccccc2)n1C. The van der Waals surface area contributed by atoms with Gasteiger partial charge in [0.1, 0.15) is 34.8 Å². The average molecular weight is 517 g/mol. The van der Waals surface area contributed by atoms with E-state index >= 15 is 0 Å². The largest absolute Gasteiger partial charge is 0.382 e. The second kappa shape index (κ2) is 9.42. The quantitative estimate of drug-likeness (QED) is 0.356. The summed E-state index contributed by atoms with van der Waals surface area (Å²) < 4.78 is 5.06. The zero-order valence-corrected chi connectivity index (χ0v) is 21.2. The van der Waals surface area contributed by atoms with E-state index in [9.17, 15) is 9.59 Å². The lowest BCUT2D eigenvalue weighted by atomic mass is 10.1. The van der Waals surface area contributed by atoms with Gasteiger partial charge in [-0.15, -0.1) is 0 Å². The average Bonchev–Trinajstić information content (AvgIpc) is 3.48. The first-order valence-electron chi connectivity index (χ1n) is 12.2. The number of aromatic nitrogens is 6. The molecule has 0 aliphatic carbocycles. The van der Waals surface area contributed by atoms with E-state index in [-0.39, 0.29) is 16.9 Å². The van der Waals surface area contributed by atoms with Crippen LogP contribution in [0.25, 0.3) is 33.8 Å². The van der Waals surface area contributed by atoms with Crippen molar-refractivity contribution >= 4 is 22.9 Å². The lowest BCUT2D eigenvalue weighted by Gasteiger charge is -2.09. The number of para-hydroxylation sites is 1. The lowest BCUT2D eigenvalue weighted by Crippen LogP contribution is -2.25. The van der Waals surface area contributed by atoms with E-state index < -0.39 is 5.91 Å². The molecule has 0 bridgehead atoms. The molecule has 10 heteroatoms. The van der Waals surface area contributed by atoms with E-state index in [1.807, 2.05) is 59.1 Å². The minimum Gasteiger partial charge on any atom is -0.382 e. The third kappa shape index (κ3) is 4.13. The Bertz CT molecular complexity index is 1900. The van der Waals surface area contributed by atoms with E-state index in [0.29, 0.717) is 34.2 Å². The van der Waals surface area contributed by atoms with Crippen molar-refractivity contribution in [1.29, 1.82) is 0 Å². The molecule has 1 amide bonds. The van der Waals surface area contributed by atoms with Gasteiger partial charge in [-0.1, -0.05) is 36.4 Å². The number of nitrogen functional groups attached to an aromatic ring is 1. The summed E-state index contributed by atoms with van der Waals surface area (Å²) in [5.41, 5.74) is 11.1. The highest BCUT2D eigenvalue weighted by atomic mass is 16.2. The Morgan fingerprint density at radius 2 is 1.67 bits per heavy atom. The number of anilines is 2. The first kappa shape index (κ1) is 23.9. The number of carbonyl (C=O) groups excluding carboxylic acids is 1. The van der Waals surface area contributed by atoms with E-state index in [0.717, 1.165) is 11.1 Å². The topological polar surface area (TPSA) is 125 Å². The van der Waals surface area contributed by atoms with Crippen LogP contribution in [0.2, 0.25) is 0 Å². The zero-order valence-electron chi connectivity index (χ0n) is 21.2. The number of hydrogen-bond donors (Lipinski definition) is 2. The van der Waals surface area contributed by atoms with Crippen molar-refractivity contribution in [2.24, 2.45) is 7.05 Å². The molecule has 0 spiro atoms. The second-order valence-corrected chi connectivity index (χ2v) is 9.04. The highest BCUT2D eigenvalue weighted by Crippen LogP contribution is 2.28. The molecule has 192 valence electrons. The highest BCUT2D eigenvalue weighted by Gasteiger charge is 2.22.